The van der Waals surface area contributed by atoms with E-state index in [9.17, 15) is 78.0 Å². The van der Waals surface area contributed by atoms with Crippen LogP contribution >= 0.6 is 0 Å². The smallest absolute Gasteiger partial charge is 0.329 e. The van der Waals surface area contributed by atoms with Gasteiger partial charge in [0.05, 0.1) is 25.7 Å². The van der Waals surface area contributed by atoms with Crippen LogP contribution in [0.15, 0.2) is 0 Å². The highest BCUT2D eigenvalue weighted by Crippen LogP contribution is 2.18. The van der Waals surface area contributed by atoms with Crippen molar-refractivity contribution in [2.45, 2.75) is 285 Å². The first-order chi connectivity index (χ1) is 42.7. The van der Waals surface area contributed by atoms with Crippen molar-refractivity contribution in [2.24, 2.45) is 35.5 Å². The zero-order valence-electron chi connectivity index (χ0n) is 56.6. The molecule has 1 rings (SSSR count). The van der Waals surface area contributed by atoms with Gasteiger partial charge in [-0.3, -0.25) is 52.7 Å². The zero-order valence-corrected chi connectivity index (χ0v) is 56.6. The van der Waals surface area contributed by atoms with E-state index in [-0.39, 0.29) is 62.2 Å². The van der Waals surface area contributed by atoms with Crippen LogP contribution in [0.3, 0.4) is 0 Å². The number of aliphatic carboxylic acids is 1. The number of rotatable bonds is 33. The molecule has 1 fully saturated rings. The molecular weight excluding hydrogens is 1180 g/mol. The number of carboxylic acids is 1. The zero-order chi connectivity index (χ0) is 69.2. The largest absolute Gasteiger partial charge is 0.481 e. The summed E-state index contributed by atoms with van der Waals surface area (Å²) in [5.74, 6) is -14.7. The van der Waals surface area contributed by atoms with E-state index in [1.165, 1.54) is 40.0 Å². The first-order valence-corrected chi connectivity index (χ1v) is 33.0. The first-order valence-electron chi connectivity index (χ1n) is 33.0. The minimum atomic E-state index is -1.99. The number of carbonyl (C=O) groups is 12. The van der Waals surface area contributed by atoms with Gasteiger partial charge in [0.25, 0.3) is 0 Å². The lowest BCUT2D eigenvalue weighted by molar-refractivity contribution is -0.157. The molecule has 91 heavy (non-hydrogen) atoms. The van der Waals surface area contributed by atoms with Gasteiger partial charge in [-0.2, -0.15) is 0 Å². The number of ether oxygens (including phenoxy) is 1. The van der Waals surface area contributed by atoms with Crippen molar-refractivity contribution in [3.8, 4) is 0 Å². The molecule has 0 aromatic heterocycles. The van der Waals surface area contributed by atoms with Gasteiger partial charge >= 0.3 is 11.9 Å². The third-order valence-electron chi connectivity index (χ3n) is 15.7. The Morgan fingerprint density at radius 2 is 0.934 bits per heavy atom. The monoisotopic (exact) mass is 1290 g/mol. The topological polar surface area (TPSA) is 415 Å². The van der Waals surface area contributed by atoms with E-state index in [1.54, 1.807) is 69.2 Å². The van der Waals surface area contributed by atoms with Crippen molar-refractivity contribution in [2.75, 3.05) is 13.2 Å². The van der Waals surface area contributed by atoms with Crippen molar-refractivity contribution < 1.29 is 82.7 Å². The Hall–Kier alpha value is -6.48. The van der Waals surface area contributed by atoms with Crippen molar-refractivity contribution in [3.63, 3.8) is 0 Å². The number of unbranched alkanes of at least 4 members (excludes halogenated alkanes) is 8. The lowest BCUT2D eigenvalue weighted by atomic mass is 9.96. The average molecular weight is 1300 g/mol. The molecule has 0 aromatic rings. The summed E-state index contributed by atoms with van der Waals surface area (Å²) in [6.45, 7) is 21.8. The summed E-state index contributed by atoms with van der Waals surface area (Å²) in [6, 6.07) is -15.7. The molecule has 27 nitrogen and oxygen atoms in total. The fourth-order valence-electron chi connectivity index (χ4n) is 10.3. The summed E-state index contributed by atoms with van der Waals surface area (Å²) in [5, 5.41) is 67.0. The molecule has 0 unspecified atom stereocenters. The standard InChI is InChI=1S/C64H114N10O17/c1-15-17-18-19-20-21-22-23-24-25-42(77)32-50(78)65-44(28-35(3)4)56(82)66-43(26-27-51(79)80)55(81)74-54-41(14)91-64(90)52(39(11)12)72-61(87)49(34-76)71-58(84)46(30-37(7)8)67-57(83)45(29-36(5)6)68-60(86)48(33-75)70-59(85)47(31-38(9)10)69-62(88)53(40(13)16-2)73-63(54)89/h35-49,52-54,75-77H,15-34H2,1-14H3,(H,65,78)(H,66,82)(H,67,83)(H,68,86)(H,69,88)(H,70,85)(H,71,84)(H,72,87)(H,73,89)(H,74,81)(H,79,80)/t40-,41+,42+,43+,44-,45-,46-,47+,48+,49+,52-,53+,54+/m0/s1. The van der Waals surface area contributed by atoms with Crippen LogP contribution in [0, 0.1) is 35.5 Å². The molecule has 0 saturated carbocycles. The number of amides is 10. The third-order valence-corrected chi connectivity index (χ3v) is 15.7. The Labute approximate surface area is 538 Å². The van der Waals surface area contributed by atoms with E-state index in [0.29, 0.717) is 12.8 Å². The van der Waals surface area contributed by atoms with Crippen LogP contribution in [-0.2, 0) is 62.3 Å². The predicted molar refractivity (Wildman–Crippen MR) is 340 cm³/mol. The van der Waals surface area contributed by atoms with Crippen molar-refractivity contribution >= 4 is 71.0 Å². The van der Waals surface area contributed by atoms with Gasteiger partial charge < -0.3 is 78.3 Å². The molecule has 0 spiro atoms. The molecular formula is C64H114N10O17. The maximum Gasteiger partial charge on any atom is 0.329 e. The van der Waals surface area contributed by atoms with E-state index < -0.39 is 182 Å². The van der Waals surface area contributed by atoms with Gasteiger partial charge in [-0.25, -0.2) is 4.79 Å². The molecule has 1 heterocycles. The summed E-state index contributed by atoms with van der Waals surface area (Å²) >= 11 is 0. The van der Waals surface area contributed by atoms with Crippen LogP contribution in [0.4, 0.5) is 0 Å². The Bertz CT molecular complexity index is 2340. The van der Waals surface area contributed by atoms with E-state index in [1.807, 2.05) is 0 Å². The maximum absolute atomic E-state index is 15.0. The quantitative estimate of drug-likeness (QED) is 0.0331. The number of hydrogen-bond donors (Lipinski definition) is 14. The minimum Gasteiger partial charge on any atom is -0.481 e. The lowest BCUT2D eigenvalue weighted by Crippen LogP contribution is -2.63. The molecule has 10 amide bonds. The van der Waals surface area contributed by atoms with Gasteiger partial charge in [0.2, 0.25) is 59.1 Å². The number of nitrogens with one attached hydrogen (secondary N) is 10. The first kappa shape index (κ1) is 82.5. The van der Waals surface area contributed by atoms with Crippen molar-refractivity contribution in [1.29, 1.82) is 0 Å². The van der Waals surface area contributed by atoms with Gasteiger partial charge in [-0.1, -0.05) is 154 Å². The van der Waals surface area contributed by atoms with Crippen LogP contribution in [0.25, 0.3) is 0 Å². The highest BCUT2D eigenvalue weighted by atomic mass is 16.5. The van der Waals surface area contributed by atoms with Gasteiger partial charge in [-0.05, 0) is 81.0 Å². The summed E-state index contributed by atoms with van der Waals surface area (Å²) in [6.07, 6.45) is 5.80. The van der Waals surface area contributed by atoms with E-state index in [4.69, 9.17) is 4.74 Å². The number of carboxylic acid groups (broad SMARTS) is 1. The molecule has 0 aromatic carbocycles. The van der Waals surface area contributed by atoms with Gasteiger partial charge in [0, 0.05) is 6.42 Å². The van der Waals surface area contributed by atoms with Crippen molar-refractivity contribution in [3.05, 3.63) is 0 Å². The van der Waals surface area contributed by atoms with Gasteiger partial charge in [-0.15, -0.1) is 0 Å². The molecule has 27 heteroatoms. The molecule has 0 radical (unpaired) electrons. The molecule has 0 bridgehead atoms. The molecule has 1 aliphatic rings. The maximum atomic E-state index is 15.0. The fraction of sp³-hybridized carbons (Fsp3) is 0.812. The number of carbonyl (C=O) groups excluding carboxylic acids is 11. The molecule has 1 aliphatic heterocycles. The number of hydrogen-bond acceptors (Lipinski definition) is 16. The highest BCUT2D eigenvalue weighted by Gasteiger charge is 2.41. The normalized spacial score (nSPS) is 23.6. The summed E-state index contributed by atoms with van der Waals surface area (Å²) in [7, 11) is 0. The second-order valence-electron chi connectivity index (χ2n) is 26.5. The number of aliphatic hydroxyl groups excluding tert-OH is 3. The minimum absolute atomic E-state index is 0.00513. The molecule has 1 saturated heterocycles. The van der Waals surface area contributed by atoms with Gasteiger partial charge in [0.15, 0.2) is 0 Å². The summed E-state index contributed by atoms with van der Waals surface area (Å²) in [5.41, 5.74) is 0. The van der Waals surface area contributed by atoms with Crippen molar-refractivity contribution in [1.82, 2.24) is 53.2 Å². The number of aliphatic hydroxyl groups is 3. The Morgan fingerprint density at radius 1 is 0.505 bits per heavy atom. The molecule has 14 N–H and O–H groups in total. The lowest BCUT2D eigenvalue weighted by Gasteiger charge is -2.32. The average Bonchev–Trinajstić information content (AvgIpc) is 1.67. The van der Waals surface area contributed by atoms with E-state index >= 15 is 0 Å². The number of cyclic esters (lactones) is 1. The second-order valence-corrected chi connectivity index (χ2v) is 26.5. The van der Waals surface area contributed by atoms with Crippen LogP contribution in [0.2, 0.25) is 0 Å². The van der Waals surface area contributed by atoms with Crippen LogP contribution < -0.4 is 53.2 Å². The summed E-state index contributed by atoms with van der Waals surface area (Å²) in [4.78, 5) is 168. The summed E-state index contributed by atoms with van der Waals surface area (Å²) < 4.78 is 5.85. The fourth-order valence-corrected chi connectivity index (χ4v) is 10.3. The van der Waals surface area contributed by atoms with E-state index in [0.717, 1.165) is 32.1 Å². The van der Waals surface area contributed by atoms with Gasteiger partial charge in [0.1, 0.15) is 66.5 Å². The van der Waals surface area contributed by atoms with E-state index in [2.05, 4.69) is 60.1 Å². The van der Waals surface area contributed by atoms with Crippen LogP contribution in [-0.4, -0.2) is 177 Å². The Kier molecular flexibility index (Phi) is 39.3. The van der Waals surface area contributed by atoms with Crippen LogP contribution in [0.5, 0.6) is 0 Å². The Morgan fingerprint density at radius 3 is 1.36 bits per heavy atom. The predicted octanol–water partition coefficient (Wildman–Crippen LogP) is 2.19. The molecule has 0 aliphatic carbocycles. The Balaban J connectivity index is 4.02. The SMILES string of the molecule is CCCCCCCCCCC[C@@H](O)CC(=O)N[C@@H](CC(C)C)C(=O)N[C@H](CCC(=O)O)C(=O)N[C@H]1C(=O)N[C@H]([C@@H](C)CC)C(=O)N[C@H](CC(C)C)C(=O)N[C@H](CO)C(=O)N[C@@H](CC(C)C)C(=O)N[C@@H](CC(C)C)C(=O)N[C@H](CO)C(=O)N[C@@H](C(C)C)C(=O)O[C@@H]1C. The molecule has 13 atom stereocenters. The number of esters is 1. The highest BCUT2D eigenvalue weighted by molar-refractivity contribution is 5.99. The second kappa shape index (κ2) is 43.4. The van der Waals surface area contributed by atoms with Crippen LogP contribution in [0.1, 0.15) is 213 Å². The third kappa shape index (κ3) is 32.1. The molecule has 522 valence electrons.